The fourth-order valence-electron chi connectivity index (χ4n) is 2.04. The largest absolute Gasteiger partial charge is 0.382 e. The van der Waals surface area contributed by atoms with E-state index in [-0.39, 0.29) is 6.10 Å². The highest BCUT2D eigenvalue weighted by Crippen LogP contribution is 2.23. The van der Waals surface area contributed by atoms with Gasteiger partial charge < -0.3 is 14.8 Å². The molecule has 1 atom stereocenters. The van der Waals surface area contributed by atoms with Gasteiger partial charge in [-0.1, -0.05) is 24.3 Å². The minimum Gasteiger partial charge on any atom is -0.382 e. The van der Waals surface area contributed by atoms with Crippen molar-refractivity contribution in [3.8, 4) is 0 Å². The SMILES string of the molecule is COCCOC(CNC1CC1)c1ccccc1C. The molecule has 1 aliphatic rings. The lowest BCUT2D eigenvalue weighted by Gasteiger charge is -2.20. The highest BCUT2D eigenvalue weighted by atomic mass is 16.5. The number of hydrogen-bond acceptors (Lipinski definition) is 3. The van der Waals surface area contributed by atoms with Gasteiger partial charge in [-0.25, -0.2) is 0 Å². The van der Waals surface area contributed by atoms with Crippen molar-refractivity contribution in [2.75, 3.05) is 26.9 Å². The van der Waals surface area contributed by atoms with Crippen LogP contribution < -0.4 is 5.32 Å². The molecular weight excluding hydrogens is 226 g/mol. The van der Waals surface area contributed by atoms with E-state index in [2.05, 4.69) is 36.5 Å². The number of hydrogen-bond donors (Lipinski definition) is 1. The molecule has 3 nitrogen and oxygen atoms in total. The summed E-state index contributed by atoms with van der Waals surface area (Å²) in [5, 5.41) is 3.54. The Hall–Kier alpha value is -0.900. The van der Waals surface area contributed by atoms with E-state index in [9.17, 15) is 0 Å². The van der Waals surface area contributed by atoms with E-state index in [1.165, 1.54) is 24.0 Å². The summed E-state index contributed by atoms with van der Waals surface area (Å²) in [5.74, 6) is 0. The number of nitrogens with one attached hydrogen (secondary N) is 1. The molecule has 3 heteroatoms. The summed E-state index contributed by atoms with van der Waals surface area (Å²) < 4.78 is 11.0. The molecule has 0 amide bonds. The summed E-state index contributed by atoms with van der Waals surface area (Å²) in [6.45, 7) is 4.31. The maximum absolute atomic E-state index is 5.94. The van der Waals surface area contributed by atoms with Crippen LogP contribution in [0.2, 0.25) is 0 Å². The molecule has 1 aromatic carbocycles. The van der Waals surface area contributed by atoms with Crippen molar-refractivity contribution in [1.82, 2.24) is 5.32 Å². The van der Waals surface area contributed by atoms with Crippen molar-refractivity contribution in [2.24, 2.45) is 0 Å². The van der Waals surface area contributed by atoms with Gasteiger partial charge in [-0.15, -0.1) is 0 Å². The van der Waals surface area contributed by atoms with Crippen molar-refractivity contribution in [1.29, 1.82) is 0 Å². The standard InChI is InChI=1S/C15H23NO2/c1-12-5-3-4-6-14(12)15(18-10-9-17-2)11-16-13-7-8-13/h3-6,13,15-16H,7-11H2,1-2H3. The van der Waals surface area contributed by atoms with Crippen LogP contribution in [0.4, 0.5) is 0 Å². The molecule has 0 aliphatic heterocycles. The number of benzene rings is 1. The molecule has 1 N–H and O–H groups in total. The lowest BCUT2D eigenvalue weighted by atomic mass is 10.0. The number of methoxy groups -OCH3 is 1. The quantitative estimate of drug-likeness (QED) is 0.718. The fraction of sp³-hybridized carbons (Fsp3) is 0.600. The summed E-state index contributed by atoms with van der Waals surface area (Å²) >= 11 is 0. The van der Waals surface area contributed by atoms with Crippen LogP contribution in [0.15, 0.2) is 24.3 Å². The third-order valence-electron chi connectivity index (χ3n) is 3.31. The molecule has 18 heavy (non-hydrogen) atoms. The molecule has 0 bridgehead atoms. The normalized spacial score (nSPS) is 16.8. The first-order valence-electron chi connectivity index (χ1n) is 6.70. The van der Waals surface area contributed by atoms with Crippen molar-refractivity contribution in [3.63, 3.8) is 0 Å². The van der Waals surface area contributed by atoms with Crippen molar-refractivity contribution in [2.45, 2.75) is 31.9 Å². The average molecular weight is 249 g/mol. The van der Waals surface area contributed by atoms with E-state index < -0.39 is 0 Å². The average Bonchev–Trinajstić information content (AvgIpc) is 3.19. The maximum atomic E-state index is 5.94. The molecule has 0 aromatic heterocycles. The van der Waals surface area contributed by atoms with Crippen LogP contribution in [-0.4, -0.2) is 32.9 Å². The number of ether oxygens (including phenoxy) is 2. The Morgan fingerprint density at radius 1 is 1.28 bits per heavy atom. The predicted octanol–water partition coefficient (Wildman–Crippen LogP) is 2.45. The van der Waals surface area contributed by atoms with Gasteiger partial charge in [-0.05, 0) is 30.9 Å². The van der Waals surface area contributed by atoms with E-state index in [4.69, 9.17) is 9.47 Å². The Kier molecular flexibility index (Phi) is 5.17. The Morgan fingerprint density at radius 2 is 2.06 bits per heavy atom. The second-order valence-corrected chi connectivity index (χ2v) is 4.89. The maximum Gasteiger partial charge on any atom is 0.0953 e. The van der Waals surface area contributed by atoms with Crippen molar-refractivity contribution in [3.05, 3.63) is 35.4 Å². The van der Waals surface area contributed by atoms with E-state index in [1.807, 2.05) is 0 Å². The van der Waals surface area contributed by atoms with Gasteiger partial charge in [0.25, 0.3) is 0 Å². The summed E-state index contributed by atoms with van der Waals surface area (Å²) in [6, 6.07) is 9.15. The molecule has 1 unspecified atom stereocenters. The third-order valence-corrected chi connectivity index (χ3v) is 3.31. The molecule has 2 rings (SSSR count). The predicted molar refractivity (Wildman–Crippen MR) is 72.8 cm³/mol. The van der Waals surface area contributed by atoms with Gasteiger partial charge in [-0.2, -0.15) is 0 Å². The Bertz CT molecular complexity index is 363. The van der Waals surface area contributed by atoms with Crippen LogP contribution in [0.25, 0.3) is 0 Å². The molecule has 1 saturated carbocycles. The Labute approximate surface area is 109 Å². The van der Waals surface area contributed by atoms with Crippen LogP contribution >= 0.6 is 0 Å². The van der Waals surface area contributed by atoms with Crippen LogP contribution in [0.5, 0.6) is 0 Å². The highest BCUT2D eigenvalue weighted by molar-refractivity contribution is 5.28. The zero-order valence-electron chi connectivity index (χ0n) is 11.3. The van der Waals surface area contributed by atoms with Gasteiger partial charge in [-0.3, -0.25) is 0 Å². The van der Waals surface area contributed by atoms with Gasteiger partial charge in [0.1, 0.15) is 0 Å². The second-order valence-electron chi connectivity index (χ2n) is 4.89. The van der Waals surface area contributed by atoms with Crippen LogP contribution in [0.1, 0.15) is 30.1 Å². The molecule has 0 spiro atoms. The summed E-state index contributed by atoms with van der Waals surface area (Å²) in [6.07, 6.45) is 2.74. The molecule has 100 valence electrons. The molecule has 0 heterocycles. The monoisotopic (exact) mass is 249 g/mol. The minimum absolute atomic E-state index is 0.127. The molecule has 0 radical (unpaired) electrons. The lowest BCUT2D eigenvalue weighted by Crippen LogP contribution is -2.26. The van der Waals surface area contributed by atoms with E-state index in [0.29, 0.717) is 19.3 Å². The fourth-order valence-corrected chi connectivity index (χ4v) is 2.04. The molecule has 1 fully saturated rings. The smallest absolute Gasteiger partial charge is 0.0953 e. The molecule has 1 aromatic rings. The third kappa shape index (κ3) is 4.09. The van der Waals surface area contributed by atoms with Gasteiger partial charge in [0, 0.05) is 19.7 Å². The second kappa shape index (κ2) is 6.88. The highest BCUT2D eigenvalue weighted by Gasteiger charge is 2.23. The number of aryl methyl sites for hydroxylation is 1. The molecule has 1 aliphatic carbocycles. The first-order valence-corrected chi connectivity index (χ1v) is 6.70. The Balaban J connectivity index is 1.95. The lowest BCUT2D eigenvalue weighted by molar-refractivity contribution is 0.0162. The topological polar surface area (TPSA) is 30.5 Å². The van der Waals surface area contributed by atoms with Gasteiger partial charge in [0.15, 0.2) is 0 Å². The van der Waals surface area contributed by atoms with Crippen LogP contribution in [0.3, 0.4) is 0 Å². The number of rotatable bonds is 8. The Morgan fingerprint density at radius 3 is 2.72 bits per heavy atom. The van der Waals surface area contributed by atoms with Crippen molar-refractivity contribution < 1.29 is 9.47 Å². The van der Waals surface area contributed by atoms with Gasteiger partial charge in [0.2, 0.25) is 0 Å². The summed E-state index contributed by atoms with van der Waals surface area (Å²) in [7, 11) is 1.70. The first-order chi connectivity index (χ1) is 8.81. The summed E-state index contributed by atoms with van der Waals surface area (Å²) in [5.41, 5.74) is 2.57. The zero-order chi connectivity index (χ0) is 12.8. The van der Waals surface area contributed by atoms with Gasteiger partial charge >= 0.3 is 0 Å². The van der Waals surface area contributed by atoms with E-state index in [1.54, 1.807) is 7.11 Å². The summed E-state index contributed by atoms with van der Waals surface area (Å²) in [4.78, 5) is 0. The van der Waals surface area contributed by atoms with Gasteiger partial charge in [0.05, 0.1) is 19.3 Å². The molecule has 0 saturated heterocycles. The van der Waals surface area contributed by atoms with Crippen LogP contribution in [0, 0.1) is 6.92 Å². The van der Waals surface area contributed by atoms with E-state index in [0.717, 1.165) is 6.54 Å². The molecular formula is C15H23NO2. The van der Waals surface area contributed by atoms with Crippen LogP contribution in [-0.2, 0) is 9.47 Å². The van der Waals surface area contributed by atoms with Crippen molar-refractivity contribution >= 4 is 0 Å². The zero-order valence-corrected chi connectivity index (χ0v) is 11.3. The minimum atomic E-state index is 0.127. The first kappa shape index (κ1) is 13.5. The van der Waals surface area contributed by atoms with E-state index >= 15 is 0 Å².